The van der Waals surface area contributed by atoms with Crippen molar-refractivity contribution >= 4 is 11.8 Å². The number of rotatable bonds is 7. The van der Waals surface area contributed by atoms with Crippen molar-refractivity contribution in [1.29, 1.82) is 0 Å². The van der Waals surface area contributed by atoms with Crippen LogP contribution in [0.15, 0.2) is 30.3 Å². The highest BCUT2D eigenvalue weighted by atomic mass is 16.2. The van der Waals surface area contributed by atoms with E-state index < -0.39 is 0 Å². The van der Waals surface area contributed by atoms with Gasteiger partial charge < -0.3 is 10.2 Å². The molecule has 1 N–H and O–H groups in total. The summed E-state index contributed by atoms with van der Waals surface area (Å²) in [5.41, 5.74) is 1.12. The van der Waals surface area contributed by atoms with Gasteiger partial charge in [0.2, 0.25) is 11.8 Å². The Bertz CT molecular complexity index is 576. The third-order valence-corrected chi connectivity index (χ3v) is 5.33. The smallest absolute Gasteiger partial charge is 0.234 e. The van der Waals surface area contributed by atoms with Crippen molar-refractivity contribution in [2.75, 3.05) is 26.2 Å². The normalized spacial score (nSPS) is 21.5. The number of piperidine rings is 1. The molecule has 25 heavy (non-hydrogen) atoms. The first-order chi connectivity index (χ1) is 12.2. The predicted octanol–water partition coefficient (Wildman–Crippen LogP) is 2.17. The minimum atomic E-state index is 0.0907. The SMILES string of the molecule is O=C(CN1CCCC[C@H]1CCN1CCCC1=O)NCc1ccccc1. The molecule has 2 aliphatic rings. The topological polar surface area (TPSA) is 52.7 Å². The Hall–Kier alpha value is -1.88. The largest absolute Gasteiger partial charge is 0.351 e. The lowest BCUT2D eigenvalue weighted by Gasteiger charge is -2.36. The first-order valence-corrected chi connectivity index (χ1v) is 9.55. The lowest BCUT2D eigenvalue weighted by molar-refractivity contribution is -0.128. The molecule has 5 heteroatoms. The lowest BCUT2D eigenvalue weighted by Crippen LogP contribution is -2.46. The summed E-state index contributed by atoms with van der Waals surface area (Å²) < 4.78 is 0. The van der Waals surface area contributed by atoms with Crippen molar-refractivity contribution < 1.29 is 9.59 Å². The summed E-state index contributed by atoms with van der Waals surface area (Å²) in [6.07, 6.45) is 6.20. The van der Waals surface area contributed by atoms with Gasteiger partial charge >= 0.3 is 0 Å². The van der Waals surface area contributed by atoms with Crippen LogP contribution < -0.4 is 5.32 Å². The van der Waals surface area contributed by atoms with Crippen LogP contribution in [0.3, 0.4) is 0 Å². The van der Waals surface area contributed by atoms with Gasteiger partial charge in [-0.05, 0) is 37.8 Å². The molecule has 0 radical (unpaired) electrons. The Kier molecular flexibility index (Phi) is 6.45. The average Bonchev–Trinajstić information content (AvgIpc) is 3.05. The van der Waals surface area contributed by atoms with Crippen molar-refractivity contribution in [2.24, 2.45) is 0 Å². The molecule has 0 unspecified atom stereocenters. The van der Waals surface area contributed by atoms with Gasteiger partial charge in [-0.2, -0.15) is 0 Å². The van der Waals surface area contributed by atoms with Crippen LogP contribution in [0, 0.1) is 0 Å². The van der Waals surface area contributed by atoms with Crippen LogP contribution in [0.5, 0.6) is 0 Å². The average molecular weight is 343 g/mol. The highest BCUT2D eigenvalue weighted by molar-refractivity contribution is 5.78. The maximum Gasteiger partial charge on any atom is 0.234 e. The van der Waals surface area contributed by atoms with Crippen LogP contribution in [-0.2, 0) is 16.1 Å². The van der Waals surface area contributed by atoms with Crippen LogP contribution in [-0.4, -0.2) is 53.8 Å². The van der Waals surface area contributed by atoms with Crippen molar-refractivity contribution in [2.45, 2.75) is 51.1 Å². The number of amides is 2. The molecule has 2 saturated heterocycles. The van der Waals surface area contributed by atoms with E-state index in [1.165, 1.54) is 6.42 Å². The van der Waals surface area contributed by atoms with E-state index in [1.807, 2.05) is 35.2 Å². The van der Waals surface area contributed by atoms with Crippen molar-refractivity contribution in [3.63, 3.8) is 0 Å². The van der Waals surface area contributed by atoms with E-state index in [0.717, 1.165) is 50.9 Å². The second-order valence-corrected chi connectivity index (χ2v) is 7.16. The molecule has 0 bridgehead atoms. The molecule has 1 atom stereocenters. The fourth-order valence-electron chi connectivity index (χ4n) is 3.88. The Labute approximate surface area is 150 Å². The molecule has 2 heterocycles. The predicted molar refractivity (Wildman–Crippen MR) is 97.9 cm³/mol. The fourth-order valence-corrected chi connectivity index (χ4v) is 3.88. The number of nitrogens with one attached hydrogen (secondary N) is 1. The van der Waals surface area contributed by atoms with E-state index >= 15 is 0 Å². The minimum absolute atomic E-state index is 0.0907. The number of benzene rings is 1. The van der Waals surface area contributed by atoms with Gasteiger partial charge in [-0.1, -0.05) is 36.8 Å². The lowest BCUT2D eigenvalue weighted by atomic mass is 9.99. The van der Waals surface area contributed by atoms with Crippen LogP contribution in [0.4, 0.5) is 0 Å². The third kappa shape index (κ3) is 5.30. The Morgan fingerprint density at radius 3 is 2.72 bits per heavy atom. The Balaban J connectivity index is 1.45. The number of hydrogen-bond donors (Lipinski definition) is 1. The van der Waals surface area contributed by atoms with Crippen LogP contribution in [0.2, 0.25) is 0 Å². The monoisotopic (exact) mass is 343 g/mol. The molecular formula is C20H29N3O2. The number of hydrogen-bond acceptors (Lipinski definition) is 3. The molecule has 2 fully saturated rings. The Morgan fingerprint density at radius 1 is 1.12 bits per heavy atom. The number of nitrogens with zero attached hydrogens (tertiary/aromatic N) is 2. The van der Waals surface area contributed by atoms with E-state index in [2.05, 4.69) is 10.2 Å². The van der Waals surface area contributed by atoms with Gasteiger partial charge in [0.05, 0.1) is 6.54 Å². The molecule has 1 aromatic rings. The van der Waals surface area contributed by atoms with E-state index in [4.69, 9.17) is 0 Å². The molecule has 0 spiro atoms. The maximum absolute atomic E-state index is 12.3. The molecule has 0 aliphatic carbocycles. The number of carbonyl (C=O) groups excluding carboxylic acids is 2. The third-order valence-electron chi connectivity index (χ3n) is 5.33. The molecule has 2 amide bonds. The Morgan fingerprint density at radius 2 is 1.96 bits per heavy atom. The molecule has 3 rings (SSSR count). The van der Waals surface area contributed by atoms with E-state index in [1.54, 1.807) is 0 Å². The zero-order valence-corrected chi connectivity index (χ0v) is 15.0. The second kappa shape index (κ2) is 8.99. The molecular weight excluding hydrogens is 314 g/mol. The first kappa shape index (κ1) is 17.9. The van der Waals surface area contributed by atoms with Gasteiger partial charge in [-0.25, -0.2) is 0 Å². The highest BCUT2D eigenvalue weighted by Crippen LogP contribution is 2.21. The molecule has 0 aromatic heterocycles. The van der Waals surface area contributed by atoms with Crippen LogP contribution in [0.1, 0.15) is 44.1 Å². The summed E-state index contributed by atoms with van der Waals surface area (Å²) in [6.45, 7) is 3.78. The summed E-state index contributed by atoms with van der Waals surface area (Å²) in [4.78, 5) is 28.4. The van der Waals surface area contributed by atoms with Crippen molar-refractivity contribution in [3.05, 3.63) is 35.9 Å². The molecule has 1 aromatic carbocycles. The van der Waals surface area contributed by atoms with Gasteiger partial charge in [0.1, 0.15) is 0 Å². The second-order valence-electron chi connectivity index (χ2n) is 7.16. The van der Waals surface area contributed by atoms with E-state index in [9.17, 15) is 9.59 Å². The summed E-state index contributed by atoms with van der Waals surface area (Å²) in [7, 11) is 0. The molecule has 0 saturated carbocycles. The summed E-state index contributed by atoms with van der Waals surface area (Å²) in [5.74, 6) is 0.385. The van der Waals surface area contributed by atoms with Crippen LogP contribution >= 0.6 is 0 Å². The molecule has 5 nitrogen and oxygen atoms in total. The van der Waals surface area contributed by atoms with Crippen molar-refractivity contribution in [1.82, 2.24) is 15.1 Å². The first-order valence-electron chi connectivity index (χ1n) is 9.55. The quantitative estimate of drug-likeness (QED) is 0.825. The van der Waals surface area contributed by atoms with E-state index in [-0.39, 0.29) is 5.91 Å². The van der Waals surface area contributed by atoms with Gasteiger partial charge in [0, 0.05) is 32.1 Å². The van der Waals surface area contributed by atoms with Gasteiger partial charge in [0.25, 0.3) is 0 Å². The maximum atomic E-state index is 12.3. The standard InChI is InChI=1S/C20H29N3O2/c24-19(21-15-17-7-2-1-3-8-17)16-23-12-5-4-9-18(23)11-14-22-13-6-10-20(22)25/h1-3,7-8,18H,4-6,9-16H2,(H,21,24)/t18-/m0/s1. The van der Waals surface area contributed by atoms with Crippen molar-refractivity contribution in [3.8, 4) is 0 Å². The molecule has 136 valence electrons. The highest BCUT2D eigenvalue weighted by Gasteiger charge is 2.26. The zero-order valence-electron chi connectivity index (χ0n) is 15.0. The summed E-state index contributed by atoms with van der Waals surface area (Å²) in [5, 5.41) is 3.03. The van der Waals surface area contributed by atoms with Gasteiger partial charge in [0.15, 0.2) is 0 Å². The number of carbonyl (C=O) groups is 2. The number of likely N-dealkylation sites (tertiary alicyclic amines) is 2. The van der Waals surface area contributed by atoms with Gasteiger partial charge in [-0.3, -0.25) is 14.5 Å². The van der Waals surface area contributed by atoms with Gasteiger partial charge in [-0.15, -0.1) is 0 Å². The zero-order chi connectivity index (χ0) is 17.5. The summed E-state index contributed by atoms with van der Waals surface area (Å²) >= 11 is 0. The minimum Gasteiger partial charge on any atom is -0.351 e. The van der Waals surface area contributed by atoms with E-state index in [0.29, 0.717) is 31.5 Å². The summed E-state index contributed by atoms with van der Waals surface area (Å²) in [6, 6.07) is 10.4. The van der Waals surface area contributed by atoms with Crippen LogP contribution in [0.25, 0.3) is 0 Å². The molecule has 2 aliphatic heterocycles. The fraction of sp³-hybridized carbons (Fsp3) is 0.600.